The van der Waals surface area contributed by atoms with E-state index in [-0.39, 0.29) is 6.10 Å². The number of hydrogen-bond donors (Lipinski definition) is 2. The van der Waals surface area contributed by atoms with E-state index in [1.807, 2.05) is 6.92 Å². The summed E-state index contributed by atoms with van der Waals surface area (Å²) in [6.45, 7) is 3.97. The quantitative estimate of drug-likeness (QED) is 0.596. The van der Waals surface area contributed by atoms with Crippen molar-refractivity contribution >= 4 is 10.1 Å². The standard InChI is InChI=1S/C12H26O4S/c1-3-5-8-11(13)9-6-10-12(7-4-2)17(14,15)16/h11-13H,3-10H2,1-2H3,(H,14,15,16). The second-order valence-corrected chi connectivity index (χ2v) is 6.35. The van der Waals surface area contributed by atoms with Gasteiger partial charge in [-0.15, -0.1) is 0 Å². The zero-order valence-corrected chi connectivity index (χ0v) is 11.7. The molecule has 2 atom stereocenters. The largest absolute Gasteiger partial charge is 0.393 e. The highest BCUT2D eigenvalue weighted by Gasteiger charge is 2.21. The van der Waals surface area contributed by atoms with Crippen LogP contribution in [0, 0.1) is 0 Å². The number of unbranched alkanes of at least 4 members (excludes halogenated alkanes) is 1. The summed E-state index contributed by atoms with van der Waals surface area (Å²) in [5, 5.41) is 8.95. The van der Waals surface area contributed by atoms with Gasteiger partial charge in [-0.05, 0) is 32.1 Å². The first-order valence-corrected chi connectivity index (χ1v) is 8.06. The number of rotatable bonds is 10. The molecular formula is C12H26O4S. The van der Waals surface area contributed by atoms with E-state index in [4.69, 9.17) is 4.55 Å². The third-order valence-corrected chi connectivity index (χ3v) is 4.30. The van der Waals surface area contributed by atoms with Crippen LogP contribution in [0.1, 0.15) is 65.2 Å². The molecule has 2 N–H and O–H groups in total. The molecule has 0 aromatic rings. The fourth-order valence-electron chi connectivity index (χ4n) is 1.93. The summed E-state index contributed by atoms with van der Waals surface area (Å²) in [6.07, 6.45) is 5.44. The van der Waals surface area contributed by atoms with Gasteiger partial charge in [0.15, 0.2) is 0 Å². The van der Waals surface area contributed by atoms with Gasteiger partial charge in [0.05, 0.1) is 11.4 Å². The van der Waals surface area contributed by atoms with E-state index in [9.17, 15) is 13.5 Å². The fraction of sp³-hybridized carbons (Fsp3) is 1.00. The van der Waals surface area contributed by atoms with Gasteiger partial charge >= 0.3 is 0 Å². The Kier molecular flexibility index (Phi) is 8.82. The monoisotopic (exact) mass is 266 g/mol. The molecule has 17 heavy (non-hydrogen) atoms. The minimum Gasteiger partial charge on any atom is -0.393 e. The van der Waals surface area contributed by atoms with Gasteiger partial charge in [0, 0.05) is 0 Å². The van der Waals surface area contributed by atoms with Gasteiger partial charge < -0.3 is 5.11 Å². The summed E-state index contributed by atoms with van der Waals surface area (Å²) in [7, 11) is -3.92. The van der Waals surface area contributed by atoms with Crippen molar-refractivity contribution < 1.29 is 18.1 Å². The lowest BCUT2D eigenvalue weighted by molar-refractivity contribution is 0.148. The lowest BCUT2D eigenvalue weighted by Gasteiger charge is -2.14. The van der Waals surface area contributed by atoms with Crippen LogP contribution in [0.5, 0.6) is 0 Å². The van der Waals surface area contributed by atoms with Crippen LogP contribution >= 0.6 is 0 Å². The van der Waals surface area contributed by atoms with Gasteiger partial charge in [0.2, 0.25) is 0 Å². The molecule has 0 rings (SSSR count). The van der Waals surface area contributed by atoms with Crippen LogP contribution in [0.4, 0.5) is 0 Å². The fourth-order valence-corrected chi connectivity index (χ4v) is 2.93. The molecule has 0 radical (unpaired) electrons. The summed E-state index contributed by atoms with van der Waals surface area (Å²) in [5.41, 5.74) is 0. The Hall–Kier alpha value is -0.130. The number of aliphatic hydroxyl groups is 1. The molecular weight excluding hydrogens is 240 g/mol. The second-order valence-electron chi connectivity index (χ2n) is 4.65. The predicted molar refractivity (Wildman–Crippen MR) is 69.6 cm³/mol. The van der Waals surface area contributed by atoms with Gasteiger partial charge in [-0.3, -0.25) is 4.55 Å². The smallest absolute Gasteiger partial charge is 0.267 e. The highest BCUT2D eigenvalue weighted by Crippen LogP contribution is 2.17. The van der Waals surface area contributed by atoms with Crippen molar-refractivity contribution in [3.05, 3.63) is 0 Å². The van der Waals surface area contributed by atoms with Crippen LogP contribution in [-0.2, 0) is 10.1 Å². The first-order valence-electron chi connectivity index (χ1n) is 6.56. The van der Waals surface area contributed by atoms with Gasteiger partial charge in [-0.25, -0.2) is 0 Å². The van der Waals surface area contributed by atoms with Crippen LogP contribution in [0.2, 0.25) is 0 Å². The third-order valence-electron chi connectivity index (χ3n) is 2.99. The Bertz CT molecular complexity index is 274. The van der Waals surface area contributed by atoms with Crippen molar-refractivity contribution in [1.29, 1.82) is 0 Å². The molecule has 104 valence electrons. The molecule has 4 nitrogen and oxygen atoms in total. The van der Waals surface area contributed by atoms with Crippen molar-refractivity contribution in [2.24, 2.45) is 0 Å². The van der Waals surface area contributed by atoms with Gasteiger partial charge in [-0.1, -0.05) is 33.1 Å². The van der Waals surface area contributed by atoms with Crippen molar-refractivity contribution in [1.82, 2.24) is 0 Å². The highest BCUT2D eigenvalue weighted by molar-refractivity contribution is 7.86. The summed E-state index contributed by atoms with van der Waals surface area (Å²) < 4.78 is 31.1. The minimum absolute atomic E-state index is 0.335. The molecule has 0 spiro atoms. The zero-order valence-electron chi connectivity index (χ0n) is 10.9. The Morgan fingerprint density at radius 1 is 0.941 bits per heavy atom. The number of hydrogen-bond acceptors (Lipinski definition) is 3. The summed E-state index contributed by atoms with van der Waals surface area (Å²) in [4.78, 5) is 0. The molecule has 0 amide bonds. The maximum Gasteiger partial charge on any atom is 0.267 e. The molecule has 0 aliphatic heterocycles. The molecule has 0 aromatic heterocycles. The van der Waals surface area contributed by atoms with Gasteiger partial charge in [-0.2, -0.15) is 8.42 Å². The Morgan fingerprint density at radius 2 is 1.53 bits per heavy atom. The van der Waals surface area contributed by atoms with Crippen LogP contribution in [0.15, 0.2) is 0 Å². The van der Waals surface area contributed by atoms with E-state index in [0.717, 1.165) is 25.7 Å². The lowest BCUT2D eigenvalue weighted by atomic mass is 10.0. The van der Waals surface area contributed by atoms with E-state index in [1.165, 1.54) is 0 Å². The summed E-state index contributed by atoms with van der Waals surface area (Å²) in [5.74, 6) is 0. The maximum atomic E-state index is 11.1. The van der Waals surface area contributed by atoms with Crippen molar-refractivity contribution in [3.8, 4) is 0 Å². The van der Waals surface area contributed by atoms with Crippen LogP contribution in [0.25, 0.3) is 0 Å². The first-order chi connectivity index (χ1) is 7.91. The average Bonchev–Trinajstić information content (AvgIpc) is 2.23. The van der Waals surface area contributed by atoms with E-state index in [2.05, 4.69) is 6.92 Å². The Labute approximate surface area is 105 Å². The third kappa shape index (κ3) is 8.57. The lowest BCUT2D eigenvalue weighted by Crippen LogP contribution is -2.21. The average molecular weight is 266 g/mol. The van der Waals surface area contributed by atoms with E-state index >= 15 is 0 Å². The summed E-state index contributed by atoms with van der Waals surface area (Å²) in [6, 6.07) is 0. The predicted octanol–water partition coefficient (Wildman–Crippen LogP) is 2.76. The molecule has 2 unspecified atom stereocenters. The molecule has 0 bridgehead atoms. The van der Waals surface area contributed by atoms with Crippen molar-refractivity contribution in [2.45, 2.75) is 76.6 Å². The number of aliphatic hydroxyl groups excluding tert-OH is 1. The Balaban J connectivity index is 3.90. The molecule has 0 aliphatic carbocycles. The normalized spacial score (nSPS) is 15.8. The van der Waals surface area contributed by atoms with Gasteiger partial charge in [0.25, 0.3) is 10.1 Å². The molecule has 0 saturated heterocycles. The molecule has 0 saturated carbocycles. The molecule has 0 aromatic carbocycles. The van der Waals surface area contributed by atoms with Crippen LogP contribution in [-0.4, -0.2) is 29.4 Å². The highest BCUT2D eigenvalue weighted by atomic mass is 32.2. The van der Waals surface area contributed by atoms with Crippen molar-refractivity contribution in [2.75, 3.05) is 0 Å². The Morgan fingerprint density at radius 3 is 2.00 bits per heavy atom. The van der Waals surface area contributed by atoms with Crippen LogP contribution < -0.4 is 0 Å². The van der Waals surface area contributed by atoms with Gasteiger partial charge in [0.1, 0.15) is 0 Å². The topological polar surface area (TPSA) is 74.6 Å². The molecule has 5 heteroatoms. The second kappa shape index (κ2) is 8.89. The minimum atomic E-state index is -3.92. The SMILES string of the molecule is CCCCC(O)CCCC(CCC)S(=O)(=O)O. The van der Waals surface area contributed by atoms with Crippen LogP contribution in [0.3, 0.4) is 0 Å². The molecule has 0 heterocycles. The maximum absolute atomic E-state index is 11.1. The van der Waals surface area contributed by atoms with E-state index < -0.39 is 15.4 Å². The summed E-state index contributed by atoms with van der Waals surface area (Å²) >= 11 is 0. The first kappa shape index (κ1) is 16.9. The molecule has 0 aliphatic rings. The van der Waals surface area contributed by atoms with E-state index in [1.54, 1.807) is 0 Å². The zero-order chi connectivity index (χ0) is 13.3. The van der Waals surface area contributed by atoms with E-state index in [0.29, 0.717) is 25.7 Å². The molecule has 0 fully saturated rings. The van der Waals surface area contributed by atoms with Crippen molar-refractivity contribution in [3.63, 3.8) is 0 Å².